The molecule has 1 aromatic rings. The summed E-state index contributed by atoms with van der Waals surface area (Å²) in [7, 11) is 4.04. The Bertz CT molecular complexity index is 676. The Morgan fingerprint density at radius 2 is 1.78 bits per heavy atom. The van der Waals surface area contributed by atoms with E-state index in [4.69, 9.17) is 0 Å². The first kappa shape index (κ1) is 19.7. The van der Waals surface area contributed by atoms with Gasteiger partial charge in [-0.05, 0) is 49.4 Å². The van der Waals surface area contributed by atoms with E-state index < -0.39 is 0 Å². The van der Waals surface area contributed by atoms with Crippen LogP contribution in [-0.2, 0) is 16.1 Å². The summed E-state index contributed by atoms with van der Waals surface area (Å²) in [5.74, 6) is 0.522. The molecule has 2 fully saturated rings. The minimum absolute atomic E-state index is 0.118. The monoisotopic (exact) mass is 371 g/mol. The molecule has 0 saturated heterocycles. The van der Waals surface area contributed by atoms with Gasteiger partial charge in [0.25, 0.3) is 0 Å². The standard InChI is InChI=1S/C22H33N3O2/c1-4-21(26)25(19-8-6-5-7-9-19)15-17-14-18(12-13-20(17)24(2)3)23-22(27)16-10-11-16/h12-14,16,19H,4-11,15H2,1-3H3,(H,23,27). The molecule has 0 aliphatic heterocycles. The molecular weight excluding hydrogens is 338 g/mol. The average molecular weight is 372 g/mol. The van der Waals surface area contributed by atoms with E-state index >= 15 is 0 Å². The van der Waals surface area contributed by atoms with Crippen LogP contribution in [0, 0.1) is 5.92 Å². The van der Waals surface area contributed by atoms with Gasteiger partial charge >= 0.3 is 0 Å². The zero-order valence-electron chi connectivity index (χ0n) is 17.0. The largest absolute Gasteiger partial charge is 0.377 e. The summed E-state index contributed by atoms with van der Waals surface area (Å²) in [5.41, 5.74) is 3.03. The highest BCUT2D eigenvalue weighted by atomic mass is 16.2. The quantitative estimate of drug-likeness (QED) is 0.782. The fourth-order valence-corrected chi connectivity index (χ4v) is 4.02. The van der Waals surface area contributed by atoms with Crippen LogP contribution >= 0.6 is 0 Å². The molecule has 0 aromatic heterocycles. The van der Waals surface area contributed by atoms with Gasteiger partial charge < -0.3 is 15.1 Å². The van der Waals surface area contributed by atoms with Gasteiger partial charge in [0.2, 0.25) is 11.8 Å². The Hall–Kier alpha value is -2.04. The van der Waals surface area contributed by atoms with Crippen LogP contribution < -0.4 is 10.2 Å². The molecular formula is C22H33N3O2. The predicted octanol–water partition coefficient (Wildman–Crippen LogP) is 4.17. The van der Waals surface area contributed by atoms with Gasteiger partial charge in [-0.2, -0.15) is 0 Å². The van der Waals surface area contributed by atoms with Gasteiger partial charge in [0.15, 0.2) is 0 Å². The van der Waals surface area contributed by atoms with Crippen LogP contribution in [0.5, 0.6) is 0 Å². The second-order valence-electron chi connectivity index (χ2n) is 8.17. The molecule has 2 amide bonds. The predicted molar refractivity (Wildman–Crippen MR) is 110 cm³/mol. The van der Waals surface area contributed by atoms with Gasteiger partial charge in [0.1, 0.15) is 0 Å². The van der Waals surface area contributed by atoms with E-state index in [-0.39, 0.29) is 17.7 Å². The highest BCUT2D eigenvalue weighted by Gasteiger charge is 2.30. The number of benzene rings is 1. The summed E-state index contributed by atoms with van der Waals surface area (Å²) >= 11 is 0. The Morgan fingerprint density at radius 3 is 2.37 bits per heavy atom. The zero-order valence-corrected chi connectivity index (χ0v) is 17.0. The van der Waals surface area contributed by atoms with Crippen LogP contribution in [0.2, 0.25) is 0 Å². The lowest BCUT2D eigenvalue weighted by molar-refractivity contribution is -0.134. The second-order valence-corrected chi connectivity index (χ2v) is 8.17. The first-order valence-electron chi connectivity index (χ1n) is 10.4. The maximum absolute atomic E-state index is 12.7. The molecule has 0 spiro atoms. The van der Waals surface area contributed by atoms with Crippen LogP contribution in [0.1, 0.15) is 63.9 Å². The molecule has 2 aliphatic rings. The molecule has 2 aliphatic carbocycles. The molecule has 1 N–H and O–H groups in total. The summed E-state index contributed by atoms with van der Waals surface area (Å²) in [6.07, 6.45) is 8.40. The number of carbonyl (C=O) groups is 2. The van der Waals surface area contributed by atoms with E-state index in [9.17, 15) is 9.59 Å². The summed E-state index contributed by atoms with van der Waals surface area (Å²) < 4.78 is 0. The van der Waals surface area contributed by atoms with Gasteiger partial charge in [-0.15, -0.1) is 0 Å². The molecule has 0 bridgehead atoms. The van der Waals surface area contributed by atoms with Crippen molar-refractivity contribution >= 4 is 23.2 Å². The van der Waals surface area contributed by atoms with E-state index in [1.54, 1.807) is 0 Å². The number of amides is 2. The van der Waals surface area contributed by atoms with Crippen LogP contribution in [-0.4, -0.2) is 36.9 Å². The van der Waals surface area contributed by atoms with Crippen LogP contribution in [0.4, 0.5) is 11.4 Å². The zero-order chi connectivity index (χ0) is 19.4. The highest BCUT2D eigenvalue weighted by molar-refractivity contribution is 5.94. The van der Waals surface area contributed by atoms with Crippen molar-refractivity contribution in [3.8, 4) is 0 Å². The van der Waals surface area contributed by atoms with E-state index in [1.807, 2.05) is 39.2 Å². The summed E-state index contributed by atoms with van der Waals surface area (Å²) in [5, 5.41) is 3.05. The third kappa shape index (κ3) is 5.02. The van der Waals surface area contributed by atoms with Crippen LogP contribution in [0.15, 0.2) is 18.2 Å². The fourth-order valence-electron chi connectivity index (χ4n) is 4.02. The topological polar surface area (TPSA) is 52.7 Å². The van der Waals surface area contributed by atoms with Gasteiger partial charge in [-0.25, -0.2) is 0 Å². The molecule has 5 heteroatoms. The van der Waals surface area contributed by atoms with Gasteiger partial charge in [-0.3, -0.25) is 9.59 Å². The van der Waals surface area contributed by atoms with Crippen molar-refractivity contribution in [1.29, 1.82) is 0 Å². The highest BCUT2D eigenvalue weighted by Crippen LogP contribution is 2.32. The minimum atomic E-state index is 0.118. The van der Waals surface area contributed by atoms with Gasteiger partial charge in [0.05, 0.1) is 0 Å². The maximum atomic E-state index is 12.7. The lowest BCUT2D eigenvalue weighted by Crippen LogP contribution is -2.40. The third-order valence-corrected chi connectivity index (χ3v) is 5.76. The molecule has 148 valence electrons. The van der Waals surface area contributed by atoms with Crippen molar-refractivity contribution in [3.05, 3.63) is 23.8 Å². The lowest BCUT2D eigenvalue weighted by atomic mass is 9.93. The van der Waals surface area contributed by atoms with Crippen molar-refractivity contribution in [2.75, 3.05) is 24.3 Å². The molecule has 0 radical (unpaired) electrons. The minimum Gasteiger partial charge on any atom is -0.377 e. The van der Waals surface area contributed by atoms with Gasteiger partial charge in [0, 0.05) is 50.4 Å². The van der Waals surface area contributed by atoms with Crippen molar-refractivity contribution in [2.45, 2.75) is 70.9 Å². The number of carbonyl (C=O) groups excluding carboxylic acids is 2. The number of hydrogen-bond donors (Lipinski definition) is 1. The van der Waals surface area contributed by atoms with Crippen molar-refractivity contribution < 1.29 is 9.59 Å². The van der Waals surface area contributed by atoms with Gasteiger partial charge in [-0.1, -0.05) is 26.2 Å². The summed E-state index contributed by atoms with van der Waals surface area (Å²) in [4.78, 5) is 29.0. The molecule has 5 nitrogen and oxygen atoms in total. The third-order valence-electron chi connectivity index (χ3n) is 5.76. The molecule has 2 saturated carbocycles. The maximum Gasteiger partial charge on any atom is 0.227 e. The lowest BCUT2D eigenvalue weighted by Gasteiger charge is -2.35. The number of rotatable bonds is 7. The first-order valence-corrected chi connectivity index (χ1v) is 10.4. The van der Waals surface area contributed by atoms with Crippen molar-refractivity contribution in [2.24, 2.45) is 5.92 Å². The molecule has 3 rings (SSSR count). The normalized spacial score (nSPS) is 17.4. The second kappa shape index (κ2) is 8.77. The molecule has 1 aromatic carbocycles. The Labute approximate surface area is 163 Å². The fraction of sp³-hybridized carbons (Fsp3) is 0.636. The van der Waals surface area contributed by atoms with Crippen molar-refractivity contribution in [3.63, 3.8) is 0 Å². The van der Waals surface area contributed by atoms with Crippen LogP contribution in [0.25, 0.3) is 0 Å². The van der Waals surface area contributed by atoms with E-state index in [1.165, 1.54) is 19.3 Å². The van der Waals surface area contributed by atoms with Crippen molar-refractivity contribution in [1.82, 2.24) is 4.90 Å². The SMILES string of the molecule is CCC(=O)N(Cc1cc(NC(=O)C2CC2)ccc1N(C)C)C1CCCCC1. The smallest absolute Gasteiger partial charge is 0.227 e. The van der Waals surface area contributed by atoms with E-state index in [2.05, 4.69) is 15.1 Å². The number of hydrogen-bond acceptors (Lipinski definition) is 3. The van der Waals surface area contributed by atoms with Crippen LogP contribution in [0.3, 0.4) is 0 Å². The van der Waals surface area contributed by atoms with E-state index in [0.717, 1.165) is 42.6 Å². The summed E-state index contributed by atoms with van der Waals surface area (Å²) in [6, 6.07) is 6.40. The Morgan fingerprint density at radius 1 is 1.07 bits per heavy atom. The Balaban J connectivity index is 1.83. The average Bonchev–Trinajstić information content (AvgIpc) is 3.51. The first-order chi connectivity index (χ1) is 13.0. The number of nitrogens with one attached hydrogen (secondary N) is 1. The molecule has 27 heavy (non-hydrogen) atoms. The number of anilines is 2. The summed E-state index contributed by atoms with van der Waals surface area (Å²) in [6.45, 7) is 2.55. The van der Waals surface area contributed by atoms with E-state index in [0.29, 0.717) is 19.0 Å². The molecule has 0 atom stereocenters. The molecule has 0 heterocycles. The number of nitrogens with zero attached hydrogens (tertiary/aromatic N) is 2. The molecule has 0 unspecified atom stereocenters. The Kier molecular flexibility index (Phi) is 6.40.